The number of hydrogen-bond donors (Lipinski definition) is 2. The van der Waals surface area contributed by atoms with Gasteiger partial charge in [-0.1, -0.05) is 32.0 Å². The fourth-order valence-corrected chi connectivity index (χ4v) is 2.34. The van der Waals surface area contributed by atoms with Crippen molar-refractivity contribution in [2.24, 2.45) is 0 Å². The second-order valence-electron chi connectivity index (χ2n) is 3.82. The number of thioether (sulfide) groups is 1. The molecule has 0 fully saturated rings. The van der Waals surface area contributed by atoms with Gasteiger partial charge in [-0.05, 0) is 6.42 Å². The highest BCUT2D eigenvalue weighted by Gasteiger charge is 2.11. The van der Waals surface area contributed by atoms with Crippen molar-refractivity contribution in [2.45, 2.75) is 43.5 Å². The molecule has 1 aromatic rings. The van der Waals surface area contributed by atoms with Crippen LogP contribution in [0.4, 0.5) is 0 Å². The Morgan fingerprint density at radius 3 is 2.94 bits per heavy atom. The molecule has 5 nitrogen and oxygen atoms in total. The molecule has 1 unspecified atom stereocenters. The molecule has 0 radical (unpaired) electrons. The SMILES string of the molecule is CCCc1cc(=O)[nH]c(SC(C)CC(=O)O)n1. The first kappa shape index (κ1) is 13.8. The van der Waals surface area contributed by atoms with E-state index in [-0.39, 0.29) is 17.2 Å². The van der Waals surface area contributed by atoms with Crippen molar-refractivity contribution in [3.05, 3.63) is 22.1 Å². The van der Waals surface area contributed by atoms with E-state index in [1.54, 1.807) is 6.92 Å². The average molecular weight is 256 g/mol. The zero-order valence-corrected chi connectivity index (χ0v) is 10.7. The molecule has 0 saturated carbocycles. The molecule has 1 rings (SSSR count). The maximum Gasteiger partial charge on any atom is 0.304 e. The molecule has 0 aliphatic heterocycles. The van der Waals surface area contributed by atoms with E-state index in [2.05, 4.69) is 9.97 Å². The first-order chi connectivity index (χ1) is 8.01. The minimum Gasteiger partial charge on any atom is -0.481 e. The Labute approximate surface area is 104 Å². The normalized spacial score (nSPS) is 12.4. The van der Waals surface area contributed by atoms with Crippen LogP contribution in [0.25, 0.3) is 0 Å². The van der Waals surface area contributed by atoms with Crippen molar-refractivity contribution in [1.82, 2.24) is 9.97 Å². The Balaban J connectivity index is 2.76. The lowest BCUT2D eigenvalue weighted by Gasteiger charge is -2.08. The summed E-state index contributed by atoms with van der Waals surface area (Å²) in [6.07, 6.45) is 1.72. The van der Waals surface area contributed by atoms with Gasteiger partial charge >= 0.3 is 5.97 Å². The quantitative estimate of drug-likeness (QED) is 0.597. The number of rotatable bonds is 6. The number of carboxylic acids is 1. The van der Waals surface area contributed by atoms with Crippen LogP contribution in [-0.4, -0.2) is 26.3 Å². The van der Waals surface area contributed by atoms with E-state index in [1.165, 1.54) is 17.8 Å². The number of aliphatic carboxylic acids is 1. The minimum absolute atomic E-state index is 0.0480. The molecule has 0 bridgehead atoms. The number of carboxylic acid groups (broad SMARTS) is 1. The van der Waals surface area contributed by atoms with Gasteiger partial charge in [-0.25, -0.2) is 4.98 Å². The number of H-pyrrole nitrogens is 1. The molecule has 0 aliphatic rings. The fourth-order valence-electron chi connectivity index (χ4n) is 1.40. The van der Waals surface area contributed by atoms with E-state index in [0.29, 0.717) is 5.16 Å². The van der Waals surface area contributed by atoms with Crippen LogP contribution in [0.1, 0.15) is 32.4 Å². The van der Waals surface area contributed by atoms with Crippen molar-refractivity contribution >= 4 is 17.7 Å². The molecule has 0 saturated heterocycles. The number of nitrogens with zero attached hydrogens (tertiary/aromatic N) is 1. The molecule has 2 N–H and O–H groups in total. The van der Waals surface area contributed by atoms with Crippen molar-refractivity contribution < 1.29 is 9.90 Å². The van der Waals surface area contributed by atoms with Gasteiger partial charge in [0.15, 0.2) is 5.16 Å². The summed E-state index contributed by atoms with van der Waals surface area (Å²) in [5, 5.41) is 9.03. The first-order valence-electron chi connectivity index (χ1n) is 5.50. The third kappa shape index (κ3) is 5.04. The molecular weight excluding hydrogens is 240 g/mol. The summed E-state index contributed by atoms with van der Waals surface area (Å²) in [6.45, 7) is 3.81. The standard InChI is InChI=1S/C11H16N2O3S/c1-3-4-8-6-9(14)13-11(12-8)17-7(2)5-10(15)16/h6-7H,3-5H2,1-2H3,(H,15,16)(H,12,13,14). The molecule has 94 valence electrons. The van der Waals surface area contributed by atoms with Gasteiger partial charge in [0, 0.05) is 17.0 Å². The van der Waals surface area contributed by atoms with E-state index < -0.39 is 5.97 Å². The van der Waals surface area contributed by atoms with Crippen LogP contribution < -0.4 is 5.56 Å². The van der Waals surface area contributed by atoms with Crippen LogP contribution in [-0.2, 0) is 11.2 Å². The molecule has 1 aromatic heterocycles. The summed E-state index contributed by atoms with van der Waals surface area (Å²) in [6, 6.07) is 1.48. The Kier molecular flexibility index (Phi) is 5.21. The van der Waals surface area contributed by atoms with Crippen LogP contribution in [0.2, 0.25) is 0 Å². The highest BCUT2D eigenvalue weighted by Crippen LogP contribution is 2.20. The van der Waals surface area contributed by atoms with Crippen molar-refractivity contribution in [3.8, 4) is 0 Å². The fraction of sp³-hybridized carbons (Fsp3) is 0.545. The highest BCUT2D eigenvalue weighted by molar-refractivity contribution is 7.99. The largest absolute Gasteiger partial charge is 0.481 e. The van der Waals surface area contributed by atoms with Crippen LogP contribution >= 0.6 is 11.8 Å². The van der Waals surface area contributed by atoms with Gasteiger partial charge in [0.05, 0.1) is 6.42 Å². The van der Waals surface area contributed by atoms with Gasteiger partial charge in [-0.2, -0.15) is 0 Å². The van der Waals surface area contributed by atoms with Crippen LogP contribution in [0, 0.1) is 0 Å². The number of carbonyl (C=O) groups is 1. The van der Waals surface area contributed by atoms with Crippen LogP contribution in [0.3, 0.4) is 0 Å². The smallest absolute Gasteiger partial charge is 0.304 e. The third-order valence-electron chi connectivity index (χ3n) is 2.05. The summed E-state index contributed by atoms with van der Waals surface area (Å²) < 4.78 is 0. The summed E-state index contributed by atoms with van der Waals surface area (Å²) in [4.78, 5) is 28.8. The molecular formula is C11H16N2O3S. The molecule has 0 aromatic carbocycles. The molecule has 17 heavy (non-hydrogen) atoms. The van der Waals surface area contributed by atoms with E-state index in [9.17, 15) is 9.59 Å². The molecule has 0 spiro atoms. The molecule has 1 atom stereocenters. The summed E-state index contributed by atoms with van der Waals surface area (Å²) in [5.74, 6) is -0.850. The van der Waals surface area contributed by atoms with Crippen LogP contribution in [0.15, 0.2) is 16.0 Å². The molecule has 0 amide bonds. The van der Waals surface area contributed by atoms with Gasteiger partial charge in [0.25, 0.3) is 5.56 Å². The third-order valence-corrected chi connectivity index (χ3v) is 3.04. The lowest BCUT2D eigenvalue weighted by Crippen LogP contribution is -2.12. The predicted molar refractivity (Wildman–Crippen MR) is 66.4 cm³/mol. The lowest BCUT2D eigenvalue weighted by molar-refractivity contribution is -0.136. The van der Waals surface area contributed by atoms with E-state index >= 15 is 0 Å². The maximum atomic E-state index is 11.4. The first-order valence-corrected chi connectivity index (χ1v) is 6.38. The van der Waals surface area contributed by atoms with Gasteiger partial charge in [-0.3, -0.25) is 9.59 Å². The zero-order valence-electron chi connectivity index (χ0n) is 9.90. The van der Waals surface area contributed by atoms with E-state index in [0.717, 1.165) is 18.5 Å². The molecule has 1 heterocycles. The summed E-state index contributed by atoms with van der Waals surface area (Å²) in [7, 11) is 0. The lowest BCUT2D eigenvalue weighted by atomic mass is 10.2. The zero-order chi connectivity index (χ0) is 12.8. The number of aromatic nitrogens is 2. The number of aryl methyl sites for hydroxylation is 1. The van der Waals surface area contributed by atoms with Crippen LogP contribution in [0.5, 0.6) is 0 Å². The van der Waals surface area contributed by atoms with Gasteiger partial charge in [0.2, 0.25) is 0 Å². The summed E-state index contributed by atoms with van der Waals surface area (Å²) in [5.41, 5.74) is 0.565. The Morgan fingerprint density at radius 2 is 2.35 bits per heavy atom. The predicted octanol–water partition coefficient (Wildman–Crippen LogP) is 1.68. The second-order valence-corrected chi connectivity index (χ2v) is 5.25. The van der Waals surface area contributed by atoms with Gasteiger partial charge in [0.1, 0.15) is 0 Å². The second kappa shape index (κ2) is 6.44. The number of aromatic amines is 1. The van der Waals surface area contributed by atoms with Crippen molar-refractivity contribution in [3.63, 3.8) is 0 Å². The molecule has 6 heteroatoms. The minimum atomic E-state index is -0.850. The van der Waals surface area contributed by atoms with Crippen molar-refractivity contribution in [1.29, 1.82) is 0 Å². The average Bonchev–Trinajstić information content (AvgIpc) is 2.14. The van der Waals surface area contributed by atoms with E-state index in [1.807, 2.05) is 6.92 Å². The summed E-state index contributed by atoms with van der Waals surface area (Å²) >= 11 is 1.28. The molecule has 0 aliphatic carbocycles. The van der Waals surface area contributed by atoms with Crippen molar-refractivity contribution in [2.75, 3.05) is 0 Å². The topological polar surface area (TPSA) is 83.0 Å². The van der Waals surface area contributed by atoms with E-state index in [4.69, 9.17) is 5.11 Å². The maximum absolute atomic E-state index is 11.4. The van der Waals surface area contributed by atoms with Gasteiger partial charge < -0.3 is 10.1 Å². The Hall–Kier alpha value is -1.30. The monoisotopic (exact) mass is 256 g/mol. The number of nitrogens with one attached hydrogen (secondary N) is 1. The number of hydrogen-bond acceptors (Lipinski definition) is 4. The Morgan fingerprint density at radius 1 is 1.65 bits per heavy atom. The van der Waals surface area contributed by atoms with Gasteiger partial charge in [-0.15, -0.1) is 0 Å². The highest BCUT2D eigenvalue weighted by atomic mass is 32.2. The Bertz CT molecular complexity index is 445.